The molecule has 1 aromatic rings. The molecule has 0 bridgehead atoms. The minimum Gasteiger partial charge on any atom is -0.378 e. The Bertz CT molecular complexity index is 575. The third-order valence-electron chi connectivity index (χ3n) is 4.59. The first-order valence-electron chi connectivity index (χ1n) is 8.16. The van der Waals surface area contributed by atoms with Crippen molar-refractivity contribution < 1.29 is 4.79 Å². The number of anilines is 1. The molecule has 2 aliphatic rings. The standard InChI is InChI=1S/C17H24ClN3OS/c1-19(2)13-5-6-14(15(18)11-13)17-21(16(22)12-23-17)10-9-20-7-3-4-8-20/h5-6,11,17H,3-4,7-10,12H2,1-2H3. The van der Waals surface area contributed by atoms with Crippen molar-refractivity contribution in [3.8, 4) is 0 Å². The number of thioether (sulfide) groups is 1. The molecule has 23 heavy (non-hydrogen) atoms. The van der Waals surface area contributed by atoms with E-state index >= 15 is 0 Å². The number of carbonyl (C=O) groups is 1. The third kappa shape index (κ3) is 3.78. The highest BCUT2D eigenvalue weighted by atomic mass is 35.5. The first-order valence-corrected chi connectivity index (χ1v) is 9.59. The molecule has 0 spiro atoms. The summed E-state index contributed by atoms with van der Waals surface area (Å²) in [5.41, 5.74) is 2.13. The molecule has 0 aliphatic carbocycles. The van der Waals surface area contributed by atoms with Crippen LogP contribution in [0, 0.1) is 0 Å². The largest absolute Gasteiger partial charge is 0.378 e. The van der Waals surface area contributed by atoms with Crippen molar-refractivity contribution in [1.82, 2.24) is 9.80 Å². The molecule has 1 amide bonds. The molecule has 0 saturated carbocycles. The number of likely N-dealkylation sites (tertiary alicyclic amines) is 1. The van der Waals surface area contributed by atoms with Crippen LogP contribution in [0.15, 0.2) is 18.2 Å². The van der Waals surface area contributed by atoms with Gasteiger partial charge < -0.3 is 14.7 Å². The fourth-order valence-electron chi connectivity index (χ4n) is 3.20. The predicted molar refractivity (Wildman–Crippen MR) is 98.4 cm³/mol. The number of benzene rings is 1. The summed E-state index contributed by atoms with van der Waals surface area (Å²) in [4.78, 5) is 18.8. The lowest BCUT2D eigenvalue weighted by Crippen LogP contribution is -2.36. The fourth-order valence-corrected chi connectivity index (χ4v) is 4.80. The first-order chi connectivity index (χ1) is 11.1. The van der Waals surface area contributed by atoms with Gasteiger partial charge in [0.15, 0.2) is 0 Å². The van der Waals surface area contributed by atoms with Crippen molar-refractivity contribution in [2.75, 3.05) is 50.9 Å². The lowest BCUT2D eigenvalue weighted by molar-refractivity contribution is -0.128. The zero-order valence-electron chi connectivity index (χ0n) is 13.8. The highest BCUT2D eigenvalue weighted by Crippen LogP contribution is 2.42. The Labute approximate surface area is 147 Å². The van der Waals surface area contributed by atoms with Crippen LogP contribution in [0.5, 0.6) is 0 Å². The Morgan fingerprint density at radius 1 is 1.26 bits per heavy atom. The van der Waals surface area contributed by atoms with Crippen molar-refractivity contribution in [2.24, 2.45) is 0 Å². The Morgan fingerprint density at radius 2 is 2.00 bits per heavy atom. The highest BCUT2D eigenvalue weighted by Gasteiger charge is 2.34. The van der Waals surface area contributed by atoms with E-state index in [1.165, 1.54) is 12.8 Å². The summed E-state index contributed by atoms with van der Waals surface area (Å²) < 4.78 is 0. The van der Waals surface area contributed by atoms with E-state index in [1.54, 1.807) is 11.8 Å². The molecule has 0 radical (unpaired) electrons. The SMILES string of the molecule is CN(C)c1ccc(C2SCC(=O)N2CCN2CCCC2)c(Cl)c1. The van der Waals surface area contributed by atoms with Crippen molar-refractivity contribution in [3.63, 3.8) is 0 Å². The first kappa shape index (κ1) is 16.9. The highest BCUT2D eigenvalue weighted by molar-refractivity contribution is 8.00. The van der Waals surface area contributed by atoms with Gasteiger partial charge in [-0.05, 0) is 38.1 Å². The Kier molecular flexibility index (Phi) is 5.39. The van der Waals surface area contributed by atoms with Gasteiger partial charge in [0.05, 0.1) is 5.75 Å². The van der Waals surface area contributed by atoms with Gasteiger partial charge >= 0.3 is 0 Å². The molecular formula is C17H24ClN3OS. The van der Waals surface area contributed by atoms with E-state index in [1.807, 2.05) is 30.0 Å². The number of carbonyl (C=O) groups excluding carboxylic acids is 1. The Morgan fingerprint density at radius 3 is 2.65 bits per heavy atom. The normalized spacial score (nSPS) is 22.1. The second kappa shape index (κ2) is 7.32. The molecule has 2 fully saturated rings. The molecule has 3 rings (SSSR count). The number of hydrogen-bond donors (Lipinski definition) is 0. The van der Waals surface area contributed by atoms with E-state index in [9.17, 15) is 4.79 Å². The van der Waals surface area contributed by atoms with Gasteiger partial charge in [-0.15, -0.1) is 11.8 Å². The summed E-state index contributed by atoms with van der Waals surface area (Å²) in [6, 6.07) is 6.12. The van der Waals surface area contributed by atoms with Gasteiger partial charge in [-0.3, -0.25) is 4.79 Å². The van der Waals surface area contributed by atoms with Crippen LogP contribution < -0.4 is 4.90 Å². The monoisotopic (exact) mass is 353 g/mol. The van der Waals surface area contributed by atoms with Gasteiger partial charge in [0.1, 0.15) is 5.37 Å². The van der Waals surface area contributed by atoms with E-state index < -0.39 is 0 Å². The molecule has 2 heterocycles. The van der Waals surface area contributed by atoms with Gasteiger partial charge in [0.2, 0.25) is 5.91 Å². The Hall–Kier alpha value is -0.910. The van der Waals surface area contributed by atoms with Crippen LogP contribution in [-0.2, 0) is 4.79 Å². The zero-order chi connectivity index (χ0) is 16.4. The second-order valence-corrected chi connectivity index (χ2v) is 7.88. The van der Waals surface area contributed by atoms with E-state index in [4.69, 9.17) is 11.6 Å². The maximum absolute atomic E-state index is 12.3. The molecule has 126 valence electrons. The van der Waals surface area contributed by atoms with E-state index in [-0.39, 0.29) is 11.3 Å². The molecule has 6 heteroatoms. The number of nitrogens with zero attached hydrogens (tertiary/aromatic N) is 3. The predicted octanol–water partition coefficient (Wildman–Crippen LogP) is 3.08. The average Bonchev–Trinajstić information content (AvgIpc) is 3.15. The van der Waals surface area contributed by atoms with Crippen molar-refractivity contribution in [1.29, 1.82) is 0 Å². The lowest BCUT2D eigenvalue weighted by atomic mass is 10.1. The van der Waals surface area contributed by atoms with Gasteiger partial charge in [-0.1, -0.05) is 17.7 Å². The summed E-state index contributed by atoms with van der Waals surface area (Å²) in [6.45, 7) is 4.09. The van der Waals surface area contributed by atoms with E-state index in [0.717, 1.165) is 42.5 Å². The molecule has 0 aromatic heterocycles. The average molecular weight is 354 g/mol. The Balaban J connectivity index is 1.73. The molecule has 1 atom stereocenters. The van der Waals surface area contributed by atoms with Crippen LogP contribution in [0.1, 0.15) is 23.8 Å². The van der Waals surface area contributed by atoms with E-state index in [0.29, 0.717) is 5.75 Å². The van der Waals surface area contributed by atoms with Crippen LogP contribution in [0.2, 0.25) is 5.02 Å². The topological polar surface area (TPSA) is 26.8 Å². The lowest BCUT2D eigenvalue weighted by Gasteiger charge is -2.27. The summed E-state index contributed by atoms with van der Waals surface area (Å²) in [6.07, 6.45) is 2.56. The minimum absolute atomic E-state index is 0.0498. The van der Waals surface area contributed by atoms with Crippen LogP contribution in [0.3, 0.4) is 0 Å². The molecule has 4 nitrogen and oxygen atoms in total. The fraction of sp³-hybridized carbons (Fsp3) is 0.588. The van der Waals surface area contributed by atoms with Gasteiger partial charge in [0, 0.05) is 43.5 Å². The molecule has 0 N–H and O–H groups in total. The third-order valence-corrected chi connectivity index (χ3v) is 6.16. The van der Waals surface area contributed by atoms with Gasteiger partial charge in [-0.25, -0.2) is 0 Å². The van der Waals surface area contributed by atoms with Crippen LogP contribution in [0.25, 0.3) is 0 Å². The molecule has 1 aromatic carbocycles. The van der Waals surface area contributed by atoms with Crippen molar-refractivity contribution in [2.45, 2.75) is 18.2 Å². The zero-order valence-corrected chi connectivity index (χ0v) is 15.4. The van der Waals surface area contributed by atoms with Crippen LogP contribution >= 0.6 is 23.4 Å². The molecular weight excluding hydrogens is 330 g/mol. The summed E-state index contributed by atoms with van der Waals surface area (Å²) in [7, 11) is 4.00. The maximum atomic E-state index is 12.3. The van der Waals surface area contributed by atoms with Crippen LogP contribution in [-0.4, -0.2) is 61.7 Å². The molecule has 2 saturated heterocycles. The second-order valence-electron chi connectivity index (χ2n) is 6.40. The van der Waals surface area contributed by atoms with Crippen molar-refractivity contribution in [3.05, 3.63) is 28.8 Å². The van der Waals surface area contributed by atoms with E-state index in [2.05, 4.69) is 17.0 Å². The number of amides is 1. The summed E-state index contributed by atoms with van der Waals surface area (Å²) in [5.74, 6) is 0.781. The number of hydrogen-bond acceptors (Lipinski definition) is 4. The minimum atomic E-state index is 0.0498. The maximum Gasteiger partial charge on any atom is 0.233 e. The number of halogens is 1. The van der Waals surface area contributed by atoms with Gasteiger partial charge in [0.25, 0.3) is 0 Å². The smallest absolute Gasteiger partial charge is 0.233 e. The molecule has 1 unspecified atom stereocenters. The molecule has 2 aliphatic heterocycles. The number of rotatable bonds is 5. The summed E-state index contributed by atoms with van der Waals surface area (Å²) >= 11 is 8.19. The summed E-state index contributed by atoms with van der Waals surface area (Å²) in [5, 5.41) is 0.795. The van der Waals surface area contributed by atoms with Crippen LogP contribution in [0.4, 0.5) is 5.69 Å². The van der Waals surface area contributed by atoms with Crippen molar-refractivity contribution >= 4 is 35.0 Å². The quantitative estimate of drug-likeness (QED) is 0.812. The van der Waals surface area contributed by atoms with Gasteiger partial charge in [-0.2, -0.15) is 0 Å².